The van der Waals surface area contributed by atoms with E-state index < -0.39 is 0 Å². The van der Waals surface area contributed by atoms with Crippen molar-refractivity contribution < 1.29 is 23.8 Å². The molecule has 0 bridgehead atoms. The molecule has 7 nitrogen and oxygen atoms in total. The second-order valence-electron chi connectivity index (χ2n) is 9.63. The summed E-state index contributed by atoms with van der Waals surface area (Å²) in [5.74, 6) is 1.05. The van der Waals surface area contributed by atoms with E-state index in [1.54, 1.807) is 45.6 Å². The summed E-state index contributed by atoms with van der Waals surface area (Å²) in [5.41, 5.74) is 5.10. The fraction of sp³-hybridized carbons (Fsp3) is 0.500. The maximum Gasteiger partial charge on any atom is 0.272 e. The van der Waals surface area contributed by atoms with Crippen molar-refractivity contribution in [2.75, 3.05) is 21.3 Å². The van der Waals surface area contributed by atoms with Crippen molar-refractivity contribution in [1.29, 1.82) is 0 Å². The summed E-state index contributed by atoms with van der Waals surface area (Å²) in [7, 11) is 4.69. The summed E-state index contributed by atoms with van der Waals surface area (Å²) in [5, 5.41) is 1.48. The van der Waals surface area contributed by atoms with Gasteiger partial charge < -0.3 is 14.2 Å². The molecule has 35 heavy (non-hydrogen) atoms. The largest absolute Gasteiger partial charge is 0.496 e. The van der Waals surface area contributed by atoms with E-state index in [-0.39, 0.29) is 23.3 Å². The van der Waals surface area contributed by atoms with Crippen LogP contribution in [0, 0.1) is 12.3 Å². The number of rotatable bonds is 9. The Morgan fingerprint density at radius 2 is 1.54 bits per heavy atom. The molecule has 1 N–H and O–H groups in total. The molecule has 1 unspecified atom stereocenters. The normalized spacial score (nSPS) is 12.0. The maximum atomic E-state index is 14.0. The van der Waals surface area contributed by atoms with Gasteiger partial charge in [-0.15, -0.1) is 0 Å². The van der Waals surface area contributed by atoms with Gasteiger partial charge in [0.1, 0.15) is 17.2 Å². The molecule has 0 fully saturated rings. The molecule has 1 atom stereocenters. The second kappa shape index (κ2) is 12.0. The van der Waals surface area contributed by atoms with Crippen molar-refractivity contribution in [3.8, 4) is 17.2 Å². The van der Waals surface area contributed by atoms with Gasteiger partial charge in [-0.25, -0.2) is 5.01 Å². The fourth-order valence-electron chi connectivity index (χ4n) is 4.35. The lowest BCUT2D eigenvalue weighted by Gasteiger charge is -2.40. The number of hydrogen-bond donors (Lipinski definition) is 1. The molecule has 0 saturated carbocycles. The van der Waals surface area contributed by atoms with Crippen molar-refractivity contribution >= 4 is 11.8 Å². The number of carbonyl (C=O) groups is 2. The van der Waals surface area contributed by atoms with E-state index in [0.29, 0.717) is 41.2 Å². The van der Waals surface area contributed by atoms with Gasteiger partial charge >= 0.3 is 0 Å². The van der Waals surface area contributed by atoms with Crippen LogP contribution in [0.4, 0.5) is 0 Å². The van der Waals surface area contributed by atoms with Gasteiger partial charge in [-0.05, 0) is 49.4 Å². The summed E-state index contributed by atoms with van der Waals surface area (Å²) in [6, 6.07) is 8.49. The summed E-state index contributed by atoms with van der Waals surface area (Å²) >= 11 is 0. The zero-order chi connectivity index (χ0) is 26.3. The van der Waals surface area contributed by atoms with Crippen molar-refractivity contribution in [2.45, 2.75) is 66.8 Å². The molecule has 2 aromatic carbocycles. The molecule has 0 spiro atoms. The zero-order valence-electron chi connectivity index (χ0n) is 22.6. The van der Waals surface area contributed by atoms with Gasteiger partial charge in [0, 0.05) is 22.3 Å². The number of nitrogens with one attached hydrogen (secondary N) is 1. The Balaban J connectivity index is 2.61. The highest BCUT2D eigenvalue weighted by molar-refractivity contribution is 6.00. The van der Waals surface area contributed by atoms with Crippen LogP contribution in [0.2, 0.25) is 0 Å². The van der Waals surface area contributed by atoms with Gasteiger partial charge in [-0.1, -0.05) is 47.1 Å². The lowest BCUT2D eigenvalue weighted by molar-refractivity contribution is 0.0270. The van der Waals surface area contributed by atoms with E-state index in [1.165, 1.54) is 5.01 Å². The highest BCUT2D eigenvalue weighted by Crippen LogP contribution is 2.33. The third-order valence-electron chi connectivity index (χ3n) is 6.26. The Kier molecular flexibility index (Phi) is 9.57. The maximum absolute atomic E-state index is 14.0. The van der Waals surface area contributed by atoms with Crippen molar-refractivity contribution in [2.24, 2.45) is 5.41 Å². The summed E-state index contributed by atoms with van der Waals surface area (Å²) in [6.45, 7) is 12.1. The van der Waals surface area contributed by atoms with E-state index >= 15 is 0 Å². The second-order valence-corrected chi connectivity index (χ2v) is 9.63. The van der Waals surface area contributed by atoms with Crippen LogP contribution in [-0.4, -0.2) is 44.2 Å². The summed E-state index contributed by atoms with van der Waals surface area (Å²) in [6.07, 6.45) is 2.18. The Labute approximate surface area is 209 Å². The molecular weight excluding hydrogens is 444 g/mol. The van der Waals surface area contributed by atoms with Gasteiger partial charge in [0.25, 0.3) is 11.8 Å². The topological polar surface area (TPSA) is 77.1 Å². The van der Waals surface area contributed by atoms with Gasteiger partial charge in [0.05, 0.1) is 27.4 Å². The first-order valence-corrected chi connectivity index (χ1v) is 12.1. The van der Waals surface area contributed by atoms with E-state index in [1.807, 2.05) is 19.9 Å². The molecule has 0 aliphatic rings. The molecule has 0 saturated heterocycles. The predicted octanol–water partition coefficient (Wildman–Crippen LogP) is 5.59. The third-order valence-corrected chi connectivity index (χ3v) is 6.26. The minimum atomic E-state index is -0.356. The number of hydrogen-bond acceptors (Lipinski definition) is 5. The van der Waals surface area contributed by atoms with Crippen LogP contribution in [0.1, 0.15) is 79.3 Å². The Morgan fingerprint density at radius 3 is 2.00 bits per heavy atom. The minimum absolute atomic E-state index is 0.252. The van der Waals surface area contributed by atoms with Gasteiger partial charge in [-0.3, -0.25) is 15.0 Å². The van der Waals surface area contributed by atoms with Gasteiger partial charge in [0.15, 0.2) is 0 Å². The molecule has 0 aliphatic carbocycles. The molecule has 0 radical (unpaired) electrons. The van der Waals surface area contributed by atoms with Crippen molar-refractivity contribution in [1.82, 2.24) is 10.4 Å². The Morgan fingerprint density at radius 1 is 0.971 bits per heavy atom. The first-order valence-electron chi connectivity index (χ1n) is 12.1. The lowest BCUT2D eigenvalue weighted by Crippen LogP contribution is -2.56. The van der Waals surface area contributed by atoms with Gasteiger partial charge in [-0.2, -0.15) is 0 Å². The molecule has 2 aromatic rings. The lowest BCUT2D eigenvalue weighted by atomic mass is 9.83. The van der Waals surface area contributed by atoms with Crippen molar-refractivity contribution in [3.05, 3.63) is 52.6 Å². The SMILES string of the molecule is CCCC(N(NC(=O)c1cccc(OC)c1CC)C(=O)c1cc(OC)c(C)c(OC)c1)C(C)(C)C. The number of ether oxygens (including phenoxy) is 3. The van der Waals surface area contributed by atoms with Crippen LogP contribution in [0.15, 0.2) is 30.3 Å². The molecule has 0 aromatic heterocycles. The Hall–Kier alpha value is -3.22. The number of carbonyl (C=O) groups excluding carboxylic acids is 2. The van der Waals surface area contributed by atoms with Crippen LogP contribution in [0.25, 0.3) is 0 Å². The van der Waals surface area contributed by atoms with E-state index in [0.717, 1.165) is 17.5 Å². The van der Waals surface area contributed by atoms with Crippen LogP contribution >= 0.6 is 0 Å². The predicted molar refractivity (Wildman–Crippen MR) is 138 cm³/mol. The zero-order valence-corrected chi connectivity index (χ0v) is 22.6. The standard InChI is InChI=1S/C28H40N2O5/c1-10-13-25(28(4,5)6)30(27(32)19-16-23(34-8)18(3)24(17-19)35-9)29-26(31)21-14-12-15-22(33-7)20(21)11-2/h12,14-17,25H,10-11,13H2,1-9H3,(H,29,31). The monoisotopic (exact) mass is 484 g/mol. The molecule has 0 heterocycles. The number of hydrazine groups is 1. The number of benzene rings is 2. The third kappa shape index (κ3) is 6.27. The van der Waals surface area contributed by atoms with Gasteiger partial charge in [0.2, 0.25) is 0 Å². The average molecular weight is 485 g/mol. The van der Waals surface area contributed by atoms with Crippen molar-refractivity contribution in [3.63, 3.8) is 0 Å². The summed E-state index contributed by atoms with van der Waals surface area (Å²) in [4.78, 5) is 27.5. The van der Waals surface area contributed by atoms with Crippen LogP contribution in [0.3, 0.4) is 0 Å². The van der Waals surface area contributed by atoms with Crippen LogP contribution in [0.5, 0.6) is 17.2 Å². The first kappa shape index (κ1) is 28.0. The molecule has 2 rings (SSSR count). The van der Waals surface area contributed by atoms with E-state index in [2.05, 4.69) is 33.1 Å². The molecule has 7 heteroatoms. The smallest absolute Gasteiger partial charge is 0.272 e. The number of amides is 2. The minimum Gasteiger partial charge on any atom is -0.496 e. The van der Waals surface area contributed by atoms with E-state index in [9.17, 15) is 9.59 Å². The molecular formula is C28H40N2O5. The highest BCUT2D eigenvalue weighted by atomic mass is 16.5. The van der Waals surface area contributed by atoms with Crippen LogP contribution in [-0.2, 0) is 6.42 Å². The highest BCUT2D eigenvalue weighted by Gasteiger charge is 2.35. The quantitative estimate of drug-likeness (QED) is 0.470. The number of nitrogens with zero attached hydrogens (tertiary/aromatic N) is 1. The fourth-order valence-corrected chi connectivity index (χ4v) is 4.35. The average Bonchev–Trinajstić information content (AvgIpc) is 2.84. The summed E-state index contributed by atoms with van der Waals surface area (Å²) < 4.78 is 16.4. The molecule has 0 aliphatic heterocycles. The van der Waals surface area contributed by atoms with Crippen LogP contribution < -0.4 is 19.6 Å². The number of methoxy groups -OCH3 is 3. The first-order chi connectivity index (χ1) is 16.5. The molecule has 192 valence electrons. The molecule has 2 amide bonds. The Bertz CT molecular complexity index is 1020. The van der Waals surface area contributed by atoms with E-state index in [4.69, 9.17) is 14.2 Å².